The fraction of sp³-hybridized carbons (Fsp3) is 0.118. The van der Waals surface area contributed by atoms with Gasteiger partial charge in [0.25, 0.3) is 22.7 Å². The van der Waals surface area contributed by atoms with Crippen molar-refractivity contribution < 1.29 is 23.7 Å². The molecule has 0 aliphatic carbocycles. The van der Waals surface area contributed by atoms with Crippen LogP contribution in [0.15, 0.2) is 45.9 Å². The van der Waals surface area contributed by atoms with E-state index in [1.807, 2.05) is 0 Å². The SMILES string of the molecule is O=C(NCCN1C(=O)S/C(=C/c2ccc(Cl)c([N+](=O)[O-])c2)C1=O)c1ccco1. The smallest absolute Gasteiger partial charge is 0.293 e. The normalized spacial score (nSPS) is 15.3. The van der Waals surface area contributed by atoms with Crippen molar-refractivity contribution >= 4 is 52.2 Å². The second-order valence-electron chi connectivity index (χ2n) is 5.53. The van der Waals surface area contributed by atoms with Crippen LogP contribution >= 0.6 is 23.4 Å². The van der Waals surface area contributed by atoms with Gasteiger partial charge < -0.3 is 9.73 Å². The standard InChI is InChI=1S/C17H12ClN3O6S/c18-11-4-3-10(8-12(11)21(25)26)9-14-16(23)20(17(24)28-14)6-5-19-15(22)13-2-1-7-27-13/h1-4,7-9H,5-6H2,(H,19,22)/b14-9+. The van der Waals surface area contributed by atoms with Gasteiger partial charge in [-0.1, -0.05) is 17.7 Å². The van der Waals surface area contributed by atoms with E-state index in [1.165, 1.54) is 36.6 Å². The molecule has 1 N–H and O–H groups in total. The zero-order chi connectivity index (χ0) is 20.3. The topological polar surface area (TPSA) is 123 Å². The second-order valence-corrected chi connectivity index (χ2v) is 6.93. The third-order valence-corrected chi connectivity index (χ3v) is 4.93. The number of nitrogens with one attached hydrogen (secondary N) is 1. The highest BCUT2D eigenvalue weighted by molar-refractivity contribution is 8.18. The van der Waals surface area contributed by atoms with Crippen LogP contribution in [0.5, 0.6) is 0 Å². The molecule has 11 heteroatoms. The van der Waals surface area contributed by atoms with Gasteiger partial charge in [-0.15, -0.1) is 0 Å². The Morgan fingerprint density at radius 2 is 2.14 bits per heavy atom. The number of carbonyl (C=O) groups excluding carboxylic acids is 3. The van der Waals surface area contributed by atoms with Gasteiger partial charge in [0.2, 0.25) is 0 Å². The van der Waals surface area contributed by atoms with Gasteiger partial charge in [0, 0.05) is 19.2 Å². The number of thioether (sulfide) groups is 1. The van der Waals surface area contributed by atoms with E-state index in [0.717, 1.165) is 4.90 Å². The highest BCUT2D eigenvalue weighted by Crippen LogP contribution is 2.33. The number of nitro groups is 1. The molecular formula is C17H12ClN3O6S. The van der Waals surface area contributed by atoms with Crippen molar-refractivity contribution in [3.8, 4) is 0 Å². The molecule has 1 aliphatic rings. The molecule has 0 atom stereocenters. The summed E-state index contributed by atoms with van der Waals surface area (Å²) in [4.78, 5) is 47.8. The molecule has 0 radical (unpaired) electrons. The van der Waals surface area contributed by atoms with Gasteiger partial charge in [-0.05, 0) is 41.6 Å². The van der Waals surface area contributed by atoms with E-state index < -0.39 is 22.0 Å². The summed E-state index contributed by atoms with van der Waals surface area (Å²) < 4.78 is 4.95. The van der Waals surface area contributed by atoms with Crippen LogP contribution in [-0.2, 0) is 4.79 Å². The van der Waals surface area contributed by atoms with E-state index >= 15 is 0 Å². The van der Waals surface area contributed by atoms with E-state index in [1.54, 1.807) is 6.07 Å². The summed E-state index contributed by atoms with van der Waals surface area (Å²) in [6.45, 7) is 0.0342. The Morgan fingerprint density at radius 3 is 2.82 bits per heavy atom. The minimum absolute atomic E-state index is 0.0186. The predicted molar refractivity (Wildman–Crippen MR) is 102 cm³/mol. The minimum Gasteiger partial charge on any atom is -0.459 e. The van der Waals surface area contributed by atoms with Gasteiger partial charge in [-0.2, -0.15) is 0 Å². The molecule has 2 aromatic rings. The molecular weight excluding hydrogens is 410 g/mol. The molecule has 1 aliphatic heterocycles. The Morgan fingerprint density at radius 1 is 1.36 bits per heavy atom. The van der Waals surface area contributed by atoms with Gasteiger partial charge in [0.05, 0.1) is 16.1 Å². The van der Waals surface area contributed by atoms with Crippen molar-refractivity contribution in [2.24, 2.45) is 0 Å². The summed E-state index contributed by atoms with van der Waals surface area (Å²) in [5.41, 5.74) is 0.0722. The Balaban J connectivity index is 1.66. The summed E-state index contributed by atoms with van der Waals surface area (Å²) in [6.07, 6.45) is 2.74. The lowest BCUT2D eigenvalue weighted by Crippen LogP contribution is -2.37. The fourth-order valence-electron chi connectivity index (χ4n) is 2.38. The van der Waals surface area contributed by atoms with Crippen LogP contribution in [0.3, 0.4) is 0 Å². The molecule has 0 unspecified atom stereocenters. The minimum atomic E-state index is -0.632. The number of furan rings is 1. The molecule has 0 saturated carbocycles. The number of imide groups is 1. The van der Waals surface area contributed by atoms with Crippen molar-refractivity contribution in [2.45, 2.75) is 0 Å². The lowest BCUT2D eigenvalue weighted by Gasteiger charge is -2.12. The monoisotopic (exact) mass is 421 g/mol. The first-order chi connectivity index (χ1) is 13.4. The van der Waals surface area contributed by atoms with E-state index in [9.17, 15) is 24.5 Å². The van der Waals surface area contributed by atoms with Crippen LogP contribution in [0, 0.1) is 10.1 Å². The van der Waals surface area contributed by atoms with Gasteiger partial charge >= 0.3 is 0 Å². The maximum Gasteiger partial charge on any atom is 0.293 e. The third kappa shape index (κ3) is 4.24. The summed E-state index contributed by atoms with van der Waals surface area (Å²) in [5.74, 6) is -0.876. The molecule has 2 heterocycles. The van der Waals surface area contributed by atoms with Crippen LogP contribution in [0.25, 0.3) is 6.08 Å². The fourth-order valence-corrected chi connectivity index (χ4v) is 3.43. The van der Waals surface area contributed by atoms with Crippen LogP contribution in [0.2, 0.25) is 5.02 Å². The van der Waals surface area contributed by atoms with E-state index in [2.05, 4.69) is 5.32 Å². The molecule has 3 amide bonds. The number of nitro benzene ring substituents is 1. The first-order valence-electron chi connectivity index (χ1n) is 7.88. The number of hydrogen-bond acceptors (Lipinski definition) is 7. The van der Waals surface area contributed by atoms with E-state index in [4.69, 9.17) is 16.0 Å². The molecule has 0 bridgehead atoms. The third-order valence-electron chi connectivity index (χ3n) is 3.70. The number of amides is 3. The Hall–Kier alpha value is -3.11. The predicted octanol–water partition coefficient (Wildman–Crippen LogP) is 3.31. The van der Waals surface area contributed by atoms with Gasteiger partial charge in [0.15, 0.2) is 5.76 Å². The molecule has 0 spiro atoms. The highest BCUT2D eigenvalue weighted by atomic mass is 35.5. The second kappa shape index (κ2) is 8.28. The Labute approximate surface area is 167 Å². The van der Waals surface area contributed by atoms with Gasteiger partial charge in [-0.3, -0.25) is 29.4 Å². The van der Waals surface area contributed by atoms with Crippen molar-refractivity contribution in [2.75, 3.05) is 13.1 Å². The Bertz CT molecular complexity index is 989. The van der Waals surface area contributed by atoms with Crippen LogP contribution in [-0.4, -0.2) is 40.0 Å². The average Bonchev–Trinajstić information content (AvgIpc) is 3.27. The zero-order valence-corrected chi connectivity index (χ0v) is 15.7. The lowest BCUT2D eigenvalue weighted by atomic mass is 10.2. The van der Waals surface area contributed by atoms with Gasteiger partial charge in [0.1, 0.15) is 5.02 Å². The number of nitrogens with zero attached hydrogens (tertiary/aromatic N) is 2. The molecule has 1 aromatic carbocycles. The van der Waals surface area contributed by atoms with Crippen LogP contribution in [0.1, 0.15) is 16.1 Å². The molecule has 1 aromatic heterocycles. The number of rotatable bonds is 6. The van der Waals surface area contributed by atoms with Crippen molar-refractivity contribution in [3.05, 3.63) is 68.0 Å². The van der Waals surface area contributed by atoms with Gasteiger partial charge in [-0.25, -0.2) is 0 Å². The number of halogens is 1. The van der Waals surface area contributed by atoms with Crippen LogP contribution < -0.4 is 5.32 Å². The zero-order valence-electron chi connectivity index (χ0n) is 14.1. The quantitative estimate of drug-likeness (QED) is 0.431. The maximum atomic E-state index is 12.4. The molecule has 1 saturated heterocycles. The molecule has 9 nitrogen and oxygen atoms in total. The van der Waals surface area contributed by atoms with Crippen molar-refractivity contribution in [3.63, 3.8) is 0 Å². The van der Waals surface area contributed by atoms with Crippen molar-refractivity contribution in [1.82, 2.24) is 10.2 Å². The number of carbonyl (C=O) groups is 3. The largest absolute Gasteiger partial charge is 0.459 e. The van der Waals surface area contributed by atoms with Crippen molar-refractivity contribution in [1.29, 1.82) is 0 Å². The summed E-state index contributed by atoms with van der Waals surface area (Å²) in [6, 6.07) is 7.13. The first-order valence-corrected chi connectivity index (χ1v) is 9.07. The molecule has 3 rings (SSSR count). The average molecular weight is 422 g/mol. The highest BCUT2D eigenvalue weighted by Gasteiger charge is 2.34. The van der Waals surface area contributed by atoms with E-state index in [-0.39, 0.29) is 34.5 Å². The summed E-state index contributed by atoms with van der Waals surface area (Å²) >= 11 is 6.48. The number of benzene rings is 1. The summed E-state index contributed by atoms with van der Waals surface area (Å²) in [5, 5.41) is 13.0. The number of hydrogen-bond donors (Lipinski definition) is 1. The molecule has 144 valence electrons. The molecule has 28 heavy (non-hydrogen) atoms. The van der Waals surface area contributed by atoms with Crippen LogP contribution in [0.4, 0.5) is 10.5 Å². The maximum absolute atomic E-state index is 12.4. The lowest BCUT2D eigenvalue weighted by molar-refractivity contribution is -0.384. The summed E-state index contributed by atoms with van der Waals surface area (Å²) in [7, 11) is 0. The van der Waals surface area contributed by atoms with E-state index in [0.29, 0.717) is 17.3 Å². The Kier molecular flexibility index (Phi) is 5.81. The molecule has 1 fully saturated rings. The first kappa shape index (κ1) is 19.6.